The van der Waals surface area contributed by atoms with Crippen LogP contribution in [0.4, 0.5) is 9.93 Å². The first-order valence-electron chi connectivity index (χ1n) is 9.16. The Morgan fingerprint density at radius 1 is 1.17 bits per heavy atom. The highest BCUT2D eigenvalue weighted by molar-refractivity contribution is 7.14. The summed E-state index contributed by atoms with van der Waals surface area (Å²) in [5.41, 5.74) is 0.924. The molecule has 0 radical (unpaired) electrons. The molecule has 1 aromatic carbocycles. The van der Waals surface area contributed by atoms with E-state index in [4.69, 9.17) is 14.2 Å². The average Bonchev–Trinajstić information content (AvgIpc) is 3.11. The Morgan fingerprint density at radius 2 is 1.93 bits per heavy atom. The number of hydrogen-bond donors (Lipinski definition) is 2. The van der Waals surface area contributed by atoms with Gasteiger partial charge >= 0.3 is 6.09 Å². The number of thiazole rings is 1. The predicted octanol–water partition coefficient (Wildman–Crippen LogP) is 4.07. The molecule has 0 bridgehead atoms. The molecule has 158 valence electrons. The largest absolute Gasteiger partial charge is 0.497 e. The third-order valence-corrected chi connectivity index (χ3v) is 4.44. The lowest BCUT2D eigenvalue weighted by Gasteiger charge is -2.19. The topological polar surface area (TPSA) is 98.8 Å². The molecule has 2 aromatic rings. The second-order valence-electron chi connectivity index (χ2n) is 7.18. The summed E-state index contributed by atoms with van der Waals surface area (Å²) >= 11 is 1.33. The summed E-state index contributed by atoms with van der Waals surface area (Å²) in [6.45, 7) is 5.74. The van der Waals surface area contributed by atoms with Crippen LogP contribution in [0.2, 0.25) is 0 Å². The van der Waals surface area contributed by atoms with Crippen molar-refractivity contribution in [3.63, 3.8) is 0 Å². The van der Waals surface area contributed by atoms with Gasteiger partial charge < -0.3 is 24.8 Å². The molecule has 0 saturated carbocycles. The summed E-state index contributed by atoms with van der Waals surface area (Å²) in [6.07, 6.45) is 0.259. The van der Waals surface area contributed by atoms with Crippen molar-refractivity contribution in [3.05, 3.63) is 23.6 Å². The number of amides is 2. The van der Waals surface area contributed by atoms with Crippen molar-refractivity contribution in [3.8, 4) is 22.8 Å². The molecule has 9 heteroatoms. The zero-order valence-corrected chi connectivity index (χ0v) is 18.1. The molecule has 0 aliphatic carbocycles. The molecule has 0 unspecified atom stereocenters. The van der Waals surface area contributed by atoms with Gasteiger partial charge in [0.2, 0.25) is 5.91 Å². The predicted molar refractivity (Wildman–Crippen MR) is 113 cm³/mol. The summed E-state index contributed by atoms with van der Waals surface area (Å²) in [5, 5.41) is 7.74. The van der Waals surface area contributed by atoms with Gasteiger partial charge in [-0.3, -0.25) is 4.79 Å². The maximum atomic E-state index is 12.1. The van der Waals surface area contributed by atoms with Crippen LogP contribution in [0.3, 0.4) is 0 Å². The number of aromatic nitrogens is 1. The number of rotatable bonds is 8. The number of carbonyl (C=O) groups excluding carboxylic acids is 2. The van der Waals surface area contributed by atoms with Gasteiger partial charge in [0.05, 0.1) is 19.9 Å². The zero-order chi connectivity index (χ0) is 21.4. The smallest absolute Gasteiger partial charge is 0.407 e. The fraction of sp³-hybridized carbons (Fsp3) is 0.450. The van der Waals surface area contributed by atoms with Crippen LogP contribution in [-0.4, -0.2) is 43.3 Å². The lowest BCUT2D eigenvalue weighted by atomic mass is 10.1. The van der Waals surface area contributed by atoms with Crippen LogP contribution in [-0.2, 0) is 9.53 Å². The van der Waals surface area contributed by atoms with E-state index < -0.39 is 11.7 Å². The van der Waals surface area contributed by atoms with Crippen LogP contribution in [0.25, 0.3) is 11.3 Å². The van der Waals surface area contributed by atoms with Gasteiger partial charge in [-0.2, -0.15) is 0 Å². The molecule has 1 aromatic heterocycles. The van der Waals surface area contributed by atoms with E-state index in [1.807, 2.05) is 23.6 Å². The van der Waals surface area contributed by atoms with Crippen LogP contribution in [0.5, 0.6) is 11.5 Å². The molecule has 0 atom stereocenters. The number of carbonyl (C=O) groups is 2. The first-order chi connectivity index (χ1) is 13.7. The Morgan fingerprint density at radius 3 is 2.59 bits per heavy atom. The average molecular weight is 422 g/mol. The molecule has 0 aliphatic rings. The van der Waals surface area contributed by atoms with Gasteiger partial charge in [0.15, 0.2) is 5.13 Å². The molecule has 2 amide bonds. The SMILES string of the molecule is COc1ccc(OC)c(-c2csc(NC(=O)CCCNC(=O)OC(C)(C)C)n2)c1. The molecular formula is C20H27N3O5S. The van der Waals surface area contributed by atoms with E-state index in [1.54, 1.807) is 35.0 Å². The normalized spacial score (nSPS) is 10.9. The van der Waals surface area contributed by atoms with Crippen molar-refractivity contribution in [1.82, 2.24) is 10.3 Å². The minimum atomic E-state index is -0.546. The van der Waals surface area contributed by atoms with Crippen molar-refractivity contribution in [2.45, 2.75) is 39.2 Å². The zero-order valence-electron chi connectivity index (χ0n) is 17.3. The van der Waals surface area contributed by atoms with Gasteiger partial charge in [0, 0.05) is 23.9 Å². The number of anilines is 1. The van der Waals surface area contributed by atoms with E-state index in [0.29, 0.717) is 35.3 Å². The highest BCUT2D eigenvalue weighted by Gasteiger charge is 2.16. The minimum Gasteiger partial charge on any atom is -0.497 e. The number of nitrogens with one attached hydrogen (secondary N) is 2. The number of alkyl carbamates (subject to hydrolysis) is 1. The number of benzene rings is 1. The Balaban J connectivity index is 1.86. The quantitative estimate of drug-likeness (QED) is 0.624. The van der Waals surface area contributed by atoms with Gasteiger partial charge in [0.25, 0.3) is 0 Å². The molecule has 0 saturated heterocycles. The highest BCUT2D eigenvalue weighted by Crippen LogP contribution is 2.35. The fourth-order valence-corrected chi connectivity index (χ4v) is 3.13. The van der Waals surface area contributed by atoms with Crippen molar-refractivity contribution in [2.24, 2.45) is 0 Å². The van der Waals surface area contributed by atoms with Crippen LogP contribution < -0.4 is 20.1 Å². The summed E-state index contributed by atoms with van der Waals surface area (Å²) in [7, 11) is 3.18. The fourth-order valence-electron chi connectivity index (χ4n) is 2.40. The van der Waals surface area contributed by atoms with Crippen LogP contribution >= 0.6 is 11.3 Å². The van der Waals surface area contributed by atoms with E-state index in [-0.39, 0.29) is 12.3 Å². The van der Waals surface area contributed by atoms with E-state index in [2.05, 4.69) is 15.6 Å². The van der Waals surface area contributed by atoms with Gasteiger partial charge in [-0.1, -0.05) is 0 Å². The second-order valence-corrected chi connectivity index (χ2v) is 8.04. The van der Waals surface area contributed by atoms with E-state index in [9.17, 15) is 9.59 Å². The molecule has 1 heterocycles. The van der Waals surface area contributed by atoms with E-state index in [1.165, 1.54) is 11.3 Å². The van der Waals surface area contributed by atoms with Crippen LogP contribution in [0.1, 0.15) is 33.6 Å². The molecule has 2 N–H and O–H groups in total. The molecule has 29 heavy (non-hydrogen) atoms. The maximum Gasteiger partial charge on any atom is 0.407 e. The lowest BCUT2D eigenvalue weighted by molar-refractivity contribution is -0.116. The molecular weight excluding hydrogens is 394 g/mol. The Kier molecular flexibility index (Phi) is 7.83. The first-order valence-corrected chi connectivity index (χ1v) is 10.0. The molecule has 2 rings (SSSR count). The van der Waals surface area contributed by atoms with Crippen LogP contribution in [0, 0.1) is 0 Å². The van der Waals surface area contributed by atoms with Crippen molar-refractivity contribution in [2.75, 3.05) is 26.1 Å². The number of methoxy groups -OCH3 is 2. The molecule has 0 spiro atoms. The summed E-state index contributed by atoms with van der Waals surface area (Å²) in [4.78, 5) is 28.2. The Bertz CT molecular complexity index is 845. The minimum absolute atomic E-state index is 0.172. The third-order valence-electron chi connectivity index (χ3n) is 3.68. The first kappa shape index (κ1) is 22.5. The number of nitrogens with zero attached hydrogens (tertiary/aromatic N) is 1. The lowest BCUT2D eigenvalue weighted by Crippen LogP contribution is -2.33. The van der Waals surface area contributed by atoms with Crippen LogP contribution in [0.15, 0.2) is 23.6 Å². The van der Waals surface area contributed by atoms with E-state index >= 15 is 0 Å². The molecule has 8 nitrogen and oxygen atoms in total. The highest BCUT2D eigenvalue weighted by atomic mass is 32.1. The van der Waals surface area contributed by atoms with Gasteiger partial charge in [-0.15, -0.1) is 11.3 Å². The van der Waals surface area contributed by atoms with Gasteiger partial charge in [0.1, 0.15) is 17.1 Å². The molecule has 0 aliphatic heterocycles. The molecule has 0 fully saturated rings. The summed E-state index contributed by atoms with van der Waals surface area (Å²) in [5.74, 6) is 1.19. The third kappa shape index (κ3) is 7.26. The monoisotopic (exact) mass is 421 g/mol. The summed E-state index contributed by atoms with van der Waals surface area (Å²) < 4.78 is 15.8. The van der Waals surface area contributed by atoms with Gasteiger partial charge in [-0.05, 0) is 45.4 Å². The standard InChI is InChI=1S/C20H27N3O5S/c1-20(2,3)28-19(25)21-10-6-7-17(24)23-18-22-15(12-29-18)14-11-13(26-4)8-9-16(14)27-5/h8-9,11-12H,6-7,10H2,1-5H3,(H,21,25)(H,22,23,24). The van der Waals surface area contributed by atoms with Crippen molar-refractivity contribution >= 4 is 28.5 Å². The van der Waals surface area contributed by atoms with Crippen molar-refractivity contribution in [1.29, 1.82) is 0 Å². The maximum absolute atomic E-state index is 12.1. The number of hydrogen-bond acceptors (Lipinski definition) is 7. The van der Waals surface area contributed by atoms with Crippen molar-refractivity contribution < 1.29 is 23.8 Å². The summed E-state index contributed by atoms with van der Waals surface area (Å²) in [6, 6.07) is 5.45. The van der Waals surface area contributed by atoms with E-state index in [0.717, 1.165) is 5.56 Å². The number of ether oxygens (including phenoxy) is 3. The van der Waals surface area contributed by atoms with Gasteiger partial charge in [-0.25, -0.2) is 9.78 Å². The Labute approximate surface area is 174 Å². The Hall–Kier alpha value is -2.81. The second kappa shape index (κ2) is 10.1.